The summed E-state index contributed by atoms with van der Waals surface area (Å²) in [6.45, 7) is 1.90. The quantitative estimate of drug-likeness (QED) is 0.761. The molecule has 0 radical (unpaired) electrons. The van der Waals surface area contributed by atoms with Crippen molar-refractivity contribution in [2.45, 2.75) is 32.2 Å². The van der Waals surface area contributed by atoms with Gasteiger partial charge in [0.25, 0.3) is 0 Å². The van der Waals surface area contributed by atoms with Crippen LogP contribution in [-0.4, -0.2) is 22.6 Å². The van der Waals surface area contributed by atoms with Crippen molar-refractivity contribution >= 4 is 17.3 Å². The molecule has 0 spiro atoms. The second-order valence-corrected chi connectivity index (χ2v) is 5.14. The summed E-state index contributed by atoms with van der Waals surface area (Å²) in [5, 5.41) is 14.9. The van der Waals surface area contributed by atoms with Gasteiger partial charge in [0.1, 0.15) is 5.01 Å². The average molecular weight is 240 g/mol. The number of hydrogen-bond donors (Lipinski definition) is 2. The second-order valence-electron chi connectivity index (χ2n) is 4.20. The molecule has 0 unspecified atom stereocenters. The lowest BCUT2D eigenvalue weighted by molar-refractivity contribution is -0.136. The molecular weight excluding hydrogens is 224 g/mol. The molecule has 0 amide bonds. The van der Waals surface area contributed by atoms with E-state index in [9.17, 15) is 4.79 Å². The average Bonchev–Trinajstić information content (AvgIpc) is 2.94. The maximum absolute atomic E-state index is 10.4. The predicted octanol–water partition coefficient (Wildman–Crippen LogP) is 1.66. The first-order valence-corrected chi connectivity index (χ1v) is 6.48. The zero-order chi connectivity index (χ0) is 11.4. The third-order valence-corrected chi connectivity index (χ3v) is 3.50. The van der Waals surface area contributed by atoms with E-state index in [0.717, 1.165) is 29.7 Å². The smallest absolute Gasteiger partial charge is 0.303 e. The van der Waals surface area contributed by atoms with Crippen molar-refractivity contribution in [3.05, 3.63) is 16.1 Å². The highest BCUT2D eigenvalue weighted by Crippen LogP contribution is 2.27. The van der Waals surface area contributed by atoms with Gasteiger partial charge in [-0.3, -0.25) is 4.79 Å². The van der Waals surface area contributed by atoms with Gasteiger partial charge in [-0.2, -0.15) is 0 Å². The van der Waals surface area contributed by atoms with Gasteiger partial charge in [0.15, 0.2) is 0 Å². The van der Waals surface area contributed by atoms with Crippen LogP contribution in [0.4, 0.5) is 0 Å². The van der Waals surface area contributed by atoms with Gasteiger partial charge in [0.05, 0.1) is 12.1 Å². The Hall–Kier alpha value is -0.940. The molecule has 0 saturated heterocycles. The van der Waals surface area contributed by atoms with E-state index in [1.807, 2.05) is 5.38 Å². The second kappa shape index (κ2) is 5.41. The monoisotopic (exact) mass is 240 g/mol. The molecule has 1 heterocycles. The van der Waals surface area contributed by atoms with Crippen LogP contribution in [0, 0.1) is 5.92 Å². The number of nitrogens with one attached hydrogen (secondary N) is 1. The summed E-state index contributed by atoms with van der Waals surface area (Å²) >= 11 is 1.61. The maximum atomic E-state index is 10.4. The van der Waals surface area contributed by atoms with Crippen LogP contribution < -0.4 is 5.32 Å². The van der Waals surface area contributed by atoms with Crippen LogP contribution >= 0.6 is 11.3 Å². The number of aromatic nitrogens is 1. The van der Waals surface area contributed by atoms with E-state index in [1.165, 1.54) is 12.8 Å². The first-order valence-electron chi connectivity index (χ1n) is 5.60. The molecule has 1 fully saturated rings. The van der Waals surface area contributed by atoms with E-state index in [2.05, 4.69) is 10.3 Å². The van der Waals surface area contributed by atoms with Crippen LogP contribution in [0.5, 0.6) is 0 Å². The number of aryl methyl sites for hydroxylation is 1. The summed E-state index contributed by atoms with van der Waals surface area (Å²) in [5.74, 6) is 0.118. The van der Waals surface area contributed by atoms with Crippen LogP contribution in [0.3, 0.4) is 0 Å². The number of nitrogens with zero attached hydrogens (tertiary/aromatic N) is 1. The Morgan fingerprint density at radius 2 is 2.44 bits per heavy atom. The summed E-state index contributed by atoms with van der Waals surface area (Å²) in [7, 11) is 0. The van der Waals surface area contributed by atoms with Crippen molar-refractivity contribution in [2.75, 3.05) is 6.54 Å². The van der Waals surface area contributed by atoms with Gasteiger partial charge >= 0.3 is 5.97 Å². The molecule has 1 aliphatic rings. The maximum Gasteiger partial charge on any atom is 0.303 e. The minimum Gasteiger partial charge on any atom is -0.481 e. The number of carboxylic acids is 1. The van der Waals surface area contributed by atoms with Crippen molar-refractivity contribution in [1.29, 1.82) is 0 Å². The van der Waals surface area contributed by atoms with Gasteiger partial charge in [-0.1, -0.05) is 0 Å². The number of carbonyl (C=O) groups is 1. The molecule has 0 aliphatic heterocycles. The fourth-order valence-corrected chi connectivity index (χ4v) is 2.28. The van der Waals surface area contributed by atoms with Gasteiger partial charge in [0, 0.05) is 18.3 Å². The Bertz CT molecular complexity index is 361. The van der Waals surface area contributed by atoms with E-state index in [4.69, 9.17) is 5.11 Å². The van der Waals surface area contributed by atoms with Crippen LogP contribution in [0.15, 0.2) is 5.38 Å². The van der Waals surface area contributed by atoms with E-state index >= 15 is 0 Å². The highest BCUT2D eigenvalue weighted by molar-refractivity contribution is 7.09. The summed E-state index contributed by atoms with van der Waals surface area (Å²) in [4.78, 5) is 14.8. The predicted molar refractivity (Wildman–Crippen MR) is 62.5 cm³/mol. The highest BCUT2D eigenvalue weighted by atomic mass is 32.1. The van der Waals surface area contributed by atoms with Gasteiger partial charge in [0.2, 0.25) is 0 Å². The third kappa shape index (κ3) is 3.90. The lowest BCUT2D eigenvalue weighted by Crippen LogP contribution is -2.15. The molecule has 1 aromatic rings. The zero-order valence-corrected chi connectivity index (χ0v) is 9.92. The van der Waals surface area contributed by atoms with Crippen molar-refractivity contribution in [1.82, 2.24) is 10.3 Å². The standard InChI is InChI=1S/C11H16N2O2S/c14-11(15)4-3-9-7-16-10(13-9)6-12-5-8-1-2-8/h7-8,12H,1-6H2,(H,14,15). The lowest BCUT2D eigenvalue weighted by Gasteiger charge is -1.99. The van der Waals surface area contributed by atoms with Gasteiger partial charge in [-0.05, 0) is 25.3 Å². The van der Waals surface area contributed by atoms with E-state index in [1.54, 1.807) is 11.3 Å². The largest absolute Gasteiger partial charge is 0.481 e. The van der Waals surface area contributed by atoms with Gasteiger partial charge in [-0.15, -0.1) is 11.3 Å². The number of rotatable bonds is 7. The normalized spacial score (nSPS) is 15.2. The fourth-order valence-electron chi connectivity index (χ4n) is 1.49. The highest BCUT2D eigenvalue weighted by Gasteiger charge is 2.20. The summed E-state index contributed by atoms with van der Waals surface area (Å²) in [6.07, 6.45) is 3.41. The fraction of sp³-hybridized carbons (Fsp3) is 0.636. The summed E-state index contributed by atoms with van der Waals surface area (Å²) in [6, 6.07) is 0. The Labute approximate surface area is 98.7 Å². The Morgan fingerprint density at radius 3 is 3.12 bits per heavy atom. The molecule has 16 heavy (non-hydrogen) atoms. The Kier molecular flexibility index (Phi) is 3.90. The van der Waals surface area contributed by atoms with Gasteiger partial charge in [-0.25, -0.2) is 4.98 Å². The third-order valence-electron chi connectivity index (χ3n) is 2.60. The van der Waals surface area contributed by atoms with Crippen LogP contribution in [0.25, 0.3) is 0 Å². The number of carboxylic acid groups (broad SMARTS) is 1. The minimum atomic E-state index is -0.763. The minimum absolute atomic E-state index is 0.165. The molecule has 2 N–H and O–H groups in total. The molecule has 1 aromatic heterocycles. The first kappa shape index (κ1) is 11.5. The molecule has 0 atom stereocenters. The van der Waals surface area contributed by atoms with Crippen molar-refractivity contribution in [2.24, 2.45) is 5.92 Å². The summed E-state index contributed by atoms with van der Waals surface area (Å²) in [5.41, 5.74) is 0.899. The van der Waals surface area contributed by atoms with Crippen LogP contribution in [0.2, 0.25) is 0 Å². The molecule has 5 heteroatoms. The molecule has 1 aliphatic carbocycles. The Morgan fingerprint density at radius 1 is 1.62 bits per heavy atom. The molecule has 4 nitrogen and oxygen atoms in total. The van der Waals surface area contributed by atoms with Crippen molar-refractivity contribution in [3.8, 4) is 0 Å². The van der Waals surface area contributed by atoms with Crippen molar-refractivity contribution in [3.63, 3.8) is 0 Å². The number of thiazole rings is 1. The zero-order valence-electron chi connectivity index (χ0n) is 9.11. The van der Waals surface area contributed by atoms with E-state index in [-0.39, 0.29) is 6.42 Å². The molecule has 2 rings (SSSR count). The van der Waals surface area contributed by atoms with Crippen molar-refractivity contribution < 1.29 is 9.90 Å². The molecule has 0 bridgehead atoms. The topological polar surface area (TPSA) is 62.2 Å². The van der Waals surface area contributed by atoms with Gasteiger partial charge < -0.3 is 10.4 Å². The number of aliphatic carboxylic acids is 1. The molecule has 1 saturated carbocycles. The van der Waals surface area contributed by atoms with Crippen LogP contribution in [-0.2, 0) is 17.8 Å². The molecule has 0 aromatic carbocycles. The first-order chi connectivity index (χ1) is 7.74. The number of hydrogen-bond acceptors (Lipinski definition) is 4. The summed E-state index contributed by atoms with van der Waals surface area (Å²) < 4.78 is 0. The molecule has 88 valence electrons. The Balaban J connectivity index is 1.70. The SMILES string of the molecule is O=C(O)CCc1csc(CNCC2CC2)n1. The van der Waals surface area contributed by atoms with E-state index < -0.39 is 5.97 Å². The van der Waals surface area contributed by atoms with Crippen LogP contribution in [0.1, 0.15) is 30.0 Å². The molecular formula is C11H16N2O2S. The van der Waals surface area contributed by atoms with E-state index in [0.29, 0.717) is 6.42 Å². The lowest BCUT2D eigenvalue weighted by atomic mass is 10.2.